The van der Waals surface area contributed by atoms with Gasteiger partial charge in [0.2, 0.25) is 0 Å². The quantitative estimate of drug-likeness (QED) is 0.759. The maximum Gasteiger partial charge on any atom is 0.340 e. The summed E-state index contributed by atoms with van der Waals surface area (Å²) in [6, 6.07) is 13.5. The Kier molecular flexibility index (Phi) is 6.79. The SMILES string of the molecule is N[C@@H](CCc1ccccc1)C(=O)COC(=O)c1cc(Cl)ccc1Cl. The van der Waals surface area contributed by atoms with E-state index in [2.05, 4.69) is 0 Å². The van der Waals surface area contributed by atoms with Gasteiger partial charge >= 0.3 is 5.97 Å². The van der Waals surface area contributed by atoms with Crippen LogP contribution in [0.4, 0.5) is 0 Å². The van der Waals surface area contributed by atoms with Crippen LogP contribution >= 0.6 is 23.2 Å². The van der Waals surface area contributed by atoms with E-state index in [0.717, 1.165) is 5.56 Å². The molecule has 6 heteroatoms. The Bertz CT molecular complexity index is 719. The predicted octanol–water partition coefficient (Wildman–Crippen LogP) is 3.68. The van der Waals surface area contributed by atoms with Crippen LogP contribution in [0.2, 0.25) is 10.0 Å². The summed E-state index contributed by atoms with van der Waals surface area (Å²) in [5.74, 6) is -1.04. The lowest BCUT2D eigenvalue weighted by molar-refractivity contribution is -0.123. The lowest BCUT2D eigenvalue weighted by atomic mass is 10.0. The smallest absolute Gasteiger partial charge is 0.340 e. The first-order valence-electron chi connectivity index (χ1n) is 7.42. The fourth-order valence-corrected chi connectivity index (χ4v) is 2.47. The topological polar surface area (TPSA) is 69.4 Å². The van der Waals surface area contributed by atoms with E-state index < -0.39 is 18.6 Å². The Morgan fingerprint density at radius 1 is 1.08 bits per heavy atom. The van der Waals surface area contributed by atoms with Crippen LogP contribution < -0.4 is 5.73 Å². The van der Waals surface area contributed by atoms with Crippen molar-refractivity contribution >= 4 is 35.0 Å². The number of Topliss-reactive ketones (excluding diaryl/α,β-unsaturated/α-hetero) is 1. The fourth-order valence-electron chi connectivity index (χ4n) is 2.10. The van der Waals surface area contributed by atoms with Crippen LogP contribution in [0.5, 0.6) is 0 Å². The van der Waals surface area contributed by atoms with E-state index in [-0.39, 0.29) is 16.4 Å². The molecule has 2 aromatic rings. The molecular formula is C18H17Cl2NO3. The Labute approximate surface area is 150 Å². The van der Waals surface area contributed by atoms with Crippen molar-refractivity contribution in [3.8, 4) is 0 Å². The molecule has 0 aliphatic heterocycles. The second kappa shape index (κ2) is 8.83. The van der Waals surface area contributed by atoms with Crippen LogP contribution in [-0.4, -0.2) is 24.4 Å². The minimum Gasteiger partial charge on any atom is -0.454 e. The average Bonchev–Trinajstić information content (AvgIpc) is 2.60. The van der Waals surface area contributed by atoms with Gasteiger partial charge in [0.15, 0.2) is 12.4 Å². The average molecular weight is 366 g/mol. The highest BCUT2D eigenvalue weighted by molar-refractivity contribution is 6.35. The minimum atomic E-state index is -0.703. The number of ether oxygens (including phenoxy) is 1. The number of ketones is 1. The van der Waals surface area contributed by atoms with E-state index in [9.17, 15) is 9.59 Å². The number of aryl methyl sites for hydroxylation is 1. The molecule has 1 atom stereocenters. The van der Waals surface area contributed by atoms with Crippen molar-refractivity contribution in [3.63, 3.8) is 0 Å². The summed E-state index contributed by atoms with van der Waals surface area (Å²) in [6.07, 6.45) is 1.17. The fraction of sp³-hybridized carbons (Fsp3) is 0.222. The molecule has 2 rings (SSSR count). The second-order valence-corrected chi connectivity index (χ2v) is 6.14. The van der Waals surface area contributed by atoms with Crippen LogP contribution in [0.1, 0.15) is 22.3 Å². The number of hydrogen-bond donors (Lipinski definition) is 1. The zero-order chi connectivity index (χ0) is 17.5. The molecule has 0 radical (unpaired) electrons. The summed E-state index contributed by atoms with van der Waals surface area (Å²) < 4.78 is 4.99. The number of rotatable bonds is 7. The molecule has 0 saturated heterocycles. The van der Waals surface area contributed by atoms with E-state index in [0.29, 0.717) is 17.9 Å². The standard InChI is InChI=1S/C18H17Cl2NO3/c19-13-7-8-15(20)14(10-13)18(23)24-11-17(22)16(21)9-6-12-4-2-1-3-5-12/h1-5,7-8,10,16H,6,9,11,21H2/t16-/m0/s1. The van der Waals surface area contributed by atoms with Crippen molar-refractivity contribution in [1.82, 2.24) is 0 Å². The molecular weight excluding hydrogens is 349 g/mol. The first-order chi connectivity index (χ1) is 11.5. The number of benzene rings is 2. The highest BCUT2D eigenvalue weighted by Gasteiger charge is 2.18. The summed E-state index contributed by atoms with van der Waals surface area (Å²) in [5, 5.41) is 0.572. The third-order valence-electron chi connectivity index (χ3n) is 3.49. The zero-order valence-corrected chi connectivity index (χ0v) is 14.4. The van der Waals surface area contributed by atoms with Crippen molar-refractivity contribution in [3.05, 3.63) is 69.7 Å². The van der Waals surface area contributed by atoms with Crippen LogP contribution in [-0.2, 0) is 16.0 Å². The zero-order valence-electron chi connectivity index (χ0n) is 12.9. The van der Waals surface area contributed by atoms with Crippen molar-refractivity contribution < 1.29 is 14.3 Å². The summed E-state index contributed by atoms with van der Waals surface area (Å²) in [6.45, 7) is -0.391. The maximum atomic E-state index is 12.0. The summed E-state index contributed by atoms with van der Waals surface area (Å²) >= 11 is 11.7. The van der Waals surface area contributed by atoms with Gasteiger partial charge in [0.25, 0.3) is 0 Å². The van der Waals surface area contributed by atoms with E-state index in [1.807, 2.05) is 30.3 Å². The Hall–Kier alpha value is -1.88. The van der Waals surface area contributed by atoms with Gasteiger partial charge in [-0.2, -0.15) is 0 Å². The van der Waals surface area contributed by atoms with Gasteiger partial charge in [-0.3, -0.25) is 4.79 Å². The lowest BCUT2D eigenvalue weighted by Crippen LogP contribution is -2.34. The van der Waals surface area contributed by atoms with Gasteiger partial charge in [-0.1, -0.05) is 53.5 Å². The first-order valence-corrected chi connectivity index (χ1v) is 8.17. The van der Waals surface area contributed by atoms with Gasteiger partial charge in [-0.05, 0) is 36.6 Å². The van der Waals surface area contributed by atoms with E-state index in [1.54, 1.807) is 6.07 Å². The monoisotopic (exact) mass is 365 g/mol. The maximum absolute atomic E-state index is 12.0. The molecule has 4 nitrogen and oxygen atoms in total. The van der Waals surface area contributed by atoms with Crippen molar-refractivity contribution in [2.45, 2.75) is 18.9 Å². The predicted molar refractivity (Wildman–Crippen MR) is 94.5 cm³/mol. The molecule has 0 spiro atoms. The number of esters is 1. The molecule has 2 aromatic carbocycles. The molecule has 126 valence electrons. The second-order valence-electron chi connectivity index (χ2n) is 5.30. The molecule has 0 saturated carbocycles. The lowest BCUT2D eigenvalue weighted by Gasteiger charge is -2.11. The third-order valence-corrected chi connectivity index (χ3v) is 4.06. The number of carbonyl (C=O) groups is 2. The number of carbonyl (C=O) groups excluding carboxylic acids is 2. The van der Waals surface area contributed by atoms with Gasteiger partial charge in [-0.25, -0.2) is 4.79 Å². The highest BCUT2D eigenvalue weighted by Crippen LogP contribution is 2.21. The van der Waals surface area contributed by atoms with Crippen molar-refractivity contribution in [1.29, 1.82) is 0 Å². The van der Waals surface area contributed by atoms with E-state index >= 15 is 0 Å². The molecule has 0 amide bonds. The van der Waals surface area contributed by atoms with Crippen LogP contribution in [0, 0.1) is 0 Å². The molecule has 0 aliphatic carbocycles. The Morgan fingerprint density at radius 3 is 2.50 bits per heavy atom. The van der Waals surface area contributed by atoms with Crippen molar-refractivity contribution in [2.24, 2.45) is 5.73 Å². The highest BCUT2D eigenvalue weighted by atomic mass is 35.5. The molecule has 0 unspecified atom stereocenters. The van der Waals surface area contributed by atoms with E-state index in [4.69, 9.17) is 33.7 Å². The van der Waals surface area contributed by atoms with Crippen LogP contribution in [0.3, 0.4) is 0 Å². The van der Waals surface area contributed by atoms with Gasteiger partial charge in [0.05, 0.1) is 16.6 Å². The summed E-state index contributed by atoms with van der Waals surface area (Å²) in [4.78, 5) is 24.0. The van der Waals surface area contributed by atoms with Crippen LogP contribution in [0.25, 0.3) is 0 Å². The van der Waals surface area contributed by atoms with Gasteiger partial charge in [0, 0.05) is 5.02 Å². The number of halogens is 2. The molecule has 0 bridgehead atoms. The van der Waals surface area contributed by atoms with Gasteiger partial charge in [0.1, 0.15) is 0 Å². The summed E-state index contributed by atoms with van der Waals surface area (Å²) in [5.41, 5.74) is 7.08. The number of nitrogens with two attached hydrogens (primary N) is 1. The molecule has 0 fully saturated rings. The molecule has 0 aliphatic rings. The van der Waals surface area contributed by atoms with Crippen LogP contribution in [0.15, 0.2) is 48.5 Å². The normalized spacial score (nSPS) is 11.8. The molecule has 24 heavy (non-hydrogen) atoms. The van der Waals surface area contributed by atoms with Gasteiger partial charge in [-0.15, -0.1) is 0 Å². The molecule has 0 heterocycles. The van der Waals surface area contributed by atoms with Gasteiger partial charge < -0.3 is 10.5 Å². The third kappa shape index (κ3) is 5.34. The first kappa shape index (κ1) is 18.5. The summed E-state index contributed by atoms with van der Waals surface area (Å²) in [7, 11) is 0. The largest absolute Gasteiger partial charge is 0.454 e. The number of hydrogen-bond acceptors (Lipinski definition) is 4. The van der Waals surface area contributed by atoms with Crippen molar-refractivity contribution in [2.75, 3.05) is 6.61 Å². The minimum absolute atomic E-state index is 0.120. The Balaban J connectivity index is 1.83. The van der Waals surface area contributed by atoms with E-state index in [1.165, 1.54) is 12.1 Å². The molecule has 0 aromatic heterocycles. The Morgan fingerprint density at radius 2 is 1.79 bits per heavy atom. The molecule has 2 N–H and O–H groups in total.